The highest BCUT2D eigenvalue weighted by molar-refractivity contribution is 8.00. The van der Waals surface area contributed by atoms with Crippen molar-refractivity contribution in [3.63, 3.8) is 0 Å². The second-order valence-corrected chi connectivity index (χ2v) is 12.3. The van der Waals surface area contributed by atoms with Crippen LogP contribution in [0.2, 0.25) is 0 Å². The van der Waals surface area contributed by atoms with E-state index < -0.39 is 5.51 Å². The van der Waals surface area contributed by atoms with Gasteiger partial charge >= 0.3 is 5.51 Å². The van der Waals surface area contributed by atoms with Gasteiger partial charge in [-0.1, -0.05) is 6.92 Å². The van der Waals surface area contributed by atoms with Gasteiger partial charge in [0.2, 0.25) is 0 Å². The molecule has 13 heteroatoms. The first kappa shape index (κ1) is 35.7. The molecule has 3 aromatic rings. The van der Waals surface area contributed by atoms with Crippen molar-refractivity contribution in [2.45, 2.75) is 55.6 Å². The Bertz CT molecular complexity index is 1400. The molecule has 1 unspecified atom stereocenters. The van der Waals surface area contributed by atoms with Crippen molar-refractivity contribution in [3.8, 4) is 5.75 Å². The number of carbonyl (C=O) groups is 1. The average molecular weight is 666 g/mol. The molecule has 1 aromatic carbocycles. The predicted molar refractivity (Wildman–Crippen MR) is 178 cm³/mol. The van der Waals surface area contributed by atoms with Crippen LogP contribution in [0.5, 0.6) is 5.75 Å². The minimum absolute atomic E-state index is 0.0743. The molecule has 1 aliphatic rings. The van der Waals surface area contributed by atoms with Crippen molar-refractivity contribution >= 4 is 34.6 Å². The smallest absolute Gasteiger partial charge is 0.447 e. The number of rotatable bonds is 3. The molecule has 0 spiro atoms. The molecule has 2 aromatic heterocycles. The van der Waals surface area contributed by atoms with Gasteiger partial charge in [0.1, 0.15) is 12.4 Å². The highest BCUT2D eigenvalue weighted by Crippen LogP contribution is 2.41. The first-order valence-corrected chi connectivity index (χ1v) is 16.7. The van der Waals surface area contributed by atoms with E-state index in [1.807, 2.05) is 12.1 Å². The molecule has 46 heavy (non-hydrogen) atoms. The number of halogens is 3. The number of thioether (sulfide) groups is 1. The number of aromatic nitrogens is 1. The van der Waals surface area contributed by atoms with E-state index in [-0.39, 0.29) is 29.3 Å². The molecule has 0 saturated heterocycles. The monoisotopic (exact) mass is 665 g/mol. The van der Waals surface area contributed by atoms with Gasteiger partial charge in [0.15, 0.2) is 0 Å². The van der Waals surface area contributed by atoms with Crippen LogP contribution < -0.4 is 20.7 Å². The van der Waals surface area contributed by atoms with Crippen LogP contribution in [0.15, 0.2) is 47.6 Å². The minimum atomic E-state index is -4.42. The number of aryl methyl sites for hydroxylation is 1. The number of hydrogen-bond acceptors (Lipinski definition) is 8. The molecular weight excluding hydrogens is 619 g/mol. The molecule has 3 N–H and O–H groups in total. The summed E-state index contributed by atoms with van der Waals surface area (Å²) in [6.07, 6.45) is 5.65. The van der Waals surface area contributed by atoms with Crippen LogP contribution in [0.25, 0.3) is 5.52 Å². The summed E-state index contributed by atoms with van der Waals surface area (Å²) in [6, 6.07) is 11.1. The molecule has 0 aliphatic carbocycles. The van der Waals surface area contributed by atoms with Crippen molar-refractivity contribution in [1.82, 2.24) is 14.6 Å². The highest BCUT2D eigenvalue weighted by Gasteiger charge is 2.32. The van der Waals surface area contributed by atoms with Gasteiger partial charge in [-0.15, -0.1) is 0 Å². The standard InChI is InChI=1S/C33H46F3N5O4S/c1-4-26-9-6-14-38-27-10-7-15-41-29(27)22-25(32(41)46-33(34,35)36)8-5-13-39-28-12-11-24(31(42)37-2)23-30(28)45-21-20-44-19-18-43-17-16-40(26)3/h7,10-12,15,22-23,26,38-39H,4-6,8-9,13-14,16-21H2,1-3H3,(H,37,42). The van der Waals surface area contributed by atoms with Crippen LogP contribution in [0.3, 0.4) is 0 Å². The van der Waals surface area contributed by atoms with Gasteiger partial charge < -0.3 is 39.5 Å². The van der Waals surface area contributed by atoms with Crippen molar-refractivity contribution in [2.24, 2.45) is 0 Å². The molecule has 1 atom stereocenters. The van der Waals surface area contributed by atoms with E-state index in [2.05, 4.69) is 34.8 Å². The van der Waals surface area contributed by atoms with Gasteiger partial charge in [-0.05, 0) is 81.1 Å². The summed E-state index contributed by atoms with van der Waals surface area (Å²) in [7, 11) is 3.67. The average Bonchev–Trinajstić information content (AvgIpc) is 3.37. The molecular formula is C33H46F3N5O4S. The van der Waals surface area contributed by atoms with Gasteiger partial charge in [-0.2, -0.15) is 13.2 Å². The lowest BCUT2D eigenvalue weighted by Gasteiger charge is -2.27. The number of alkyl halides is 3. The molecule has 3 heterocycles. The van der Waals surface area contributed by atoms with Crippen LogP contribution in [0.4, 0.5) is 24.5 Å². The lowest BCUT2D eigenvalue weighted by atomic mass is 10.1. The maximum absolute atomic E-state index is 13.7. The number of nitrogens with one attached hydrogen (secondary N) is 3. The number of nitrogens with zero attached hydrogens (tertiary/aromatic N) is 2. The summed E-state index contributed by atoms with van der Waals surface area (Å²) in [5.74, 6) is 0.263. The Labute approximate surface area is 273 Å². The summed E-state index contributed by atoms with van der Waals surface area (Å²) in [5, 5.41) is 9.61. The lowest BCUT2D eigenvalue weighted by molar-refractivity contribution is -0.0330. The molecule has 254 valence electrons. The summed E-state index contributed by atoms with van der Waals surface area (Å²) < 4.78 is 60.2. The molecule has 0 radical (unpaired) electrons. The number of amides is 1. The third kappa shape index (κ3) is 10.4. The Balaban J connectivity index is 1.55. The number of likely N-dealkylation sites (N-methyl/N-ethyl adjacent to an activating group) is 1. The summed E-state index contributed by atoms with van der Waals surface area (Å²) >= 11 is -0.0743. The Kier molecular flexibility index (Phi) is 13.7. The zero-order chi connectivity index (χ0) is 32.9. The molecule has 2 bridgehead atoms. The Hall–Kier alpha value is -3.13. The minimum Gasteiger partial charge on any atom is -0.489 e. The molecule has 4 rings (SSSR count). The zero-order valence-corrected chi connectivity index (χ0v) is 27.7. The van der Waals surface area contributed by atoms with Crippen LogP contribution in [0.1, 0.15) is 48.5 Å². The van der Waals surface area contributed by atoms with Crippen LogP contribution in [-0.2, 0) is 15.9 Å². The number of anilines is 2. The van der Waals surface area contributed by atoms with Gasteiger partial charge in [0.25, 0.3) is 5.91 Å². The van der Waals surface area contributed by atoms with Crippen LogP contribution in [0, 0.1) is 0 Å². The third-order valence-corrected chi connectivity index (χ3v) is 8.91. The number of fused-ring (bicyclic) bond motifs is 2. The summed E-state index contributed by atoms with van der Waals surface area (Å²) in [6.45, 7) is 6.35. The van der Waals surface area contributed by atoms with Gasteiger partial charge in [0, 0.05) is 56.2 Å². The fourth-order valence-corrected chi connectivity index (χ4v) is 6.34. The van der Waals surface area contributed by atoms with E-state index in [0.717, 1.165) is 37.0 Å². The number of ether oxygens (including phenoxy) is 3. The van der Waals surface area contributed by atoms with Crippen molar-refractivity contribution < 1.29 is 32.2 Å². The Morgan fingerprint density at radius 1 is 1.02 bits per heavy atom. The number of hydrogen-bond donors (Lipinski definition) is 3. The fourth-order valence-electron chi connectivity index (χ4n) is 5.58. The predicted octanol–water partition coefficient (Wildman–Crippen LogP) is 6.28. The normalized spacial score (nSPS) is 18.8. The van der Waals surface area contributed by atoms with Gasteiger partial charge in [0.05, 0.1) is 48.3 Å². The zero-order valence-electron chi connectivity index (χ0n) is 26.9. The number of carbonyl (C=O) groups excluding carboxylic acids is 1. The van der Waals surface area contributed by atoms with E-state index in [1.54, 1.807) is 41.9 Å². The Morgan fingerprint density at radius 2 is 1.76 bits per heavy atom. The van der Waals surface area contributed by atoms with Crippen molar-refractivity contribution in [3.05, 3.63) is 53.7 Å². The first-order valence-electron chi connectivity index (χ1n) is 15.9. The first-order chi connectivity index (χ1) is 22.2. The number of pyridine rings is 1. The maximum Gasteiger partial charge on any atom is 0.447 e. The second-order valence-electron chi connectivity index (χ2n) is 11.2. The number of benzene rings is 1. The second kappa shape index (κ2) is 17.7. The van der Waals surface area contributed by atoms with E-state index >= 15 is 0 Å². The maximum atomic E-state index is 13.7. The van der Waals surface area contributed by atoms with E-state index in [9.17, 15) is 18.0 Å². The molecule has 0 saturated carbocycles. The quantitative estimate of drug-likeness (QED) is 0.282. The fraction of sp³-hybridized carbons (Fsp3) is 0.545. The largest absolute Gasteiger partial charge is 0.489 e. The SMILES string of the molecule is CCC1CCCNc2cccn3c(SC(F)(F)F)c(cc23)CCCNc2ccc(C(=O)NC)cc2OCCOCCOCCN1C. The van der Waals surface area contributed by atoms with E-state index in [0.29, 0.717) is 81.0 Å². The van der Waals surface area contributed by atoms with E-state index in [4.69, 9.17) is 14.2 Å². The topological polar surface area (TPSA) is 88.5 Å². The van der Waals surface area contributed by atoms with Crippen LogP contribution in [-0.4, -0.2) is 93.5 Å². The molecule has 9 nitrogen and oxygen atoms in total. The van der Waals surface area contributed by atoms with Crippen molar-refractivity contribution in [2.75, 3.05) is 77.4 Å². The molecule has 1 amide bonds. The van der Waals surface area contributed by atoms with Gasteiger partial charge in [-0.25, -0.2) is 0 Å². The molecule has 1 aliphatic heterocycles. The van der Waals surface area contributed by atoms with Crippen LogP contribution >= 0.6 is 11.8 Å². The third-order valence-electron chi connectivity index (χ3n) is 8.03. The van der Waals surface area contributed by atoms with Gasteiger partial charge in [-0.3, -0.25) is 4.79 Å². The van der Waals surface area contributed by atoms with E-state index in [1.165, 1.54) is 0 Å². The Morgan fingerprint density at radius 3 is 2.52 bits per heavy atom. The summed E-state index contributed by atoms with van der Waals surface area (Å²) in [4.78, 5) is 14.6. The highest BCUT2D eigenvalue weighted by atomic mass is 32.2. The molecule has 0 fully saturated rings. The summed E-state index contributed by atoms with van der Waals surface area (Å²) in [5.41, 5.74) is -1.09. The lowest BCUT2D eigenvalue weighted by Crippen LogP contribution is -2.34. The van der Waals surface area contributed by atoms with Crippen molar-refractivity contribution in [1.29, 1.82) is 0 Å².